The van der Waals surface area contributed by atoms with E-state index in [9.17, 15) is 13.5 Å². The van der Waals surface area contributed by atoms with Crippen LogP contribution >= 0.6 is 0 Å². The maximum Gasteiger partial charge on any atom is 0.243 e. The minimum atomic E-state index is -3.55. The van der Waals surface area contributed by atoms with Crippen LogP contribution in [0.5, 0.6) is 5.75 Å². The minimum Gasteiger partial charge on any atom is -0.508 e. The van der Waals surface area contributed by atoms with Gasteiger partial charge in [0.15, 0.2) is 0 Å². The summed E-state index contributed by atoms with van der Waals surface area (Å²) in [4.78, 5) is 0.147. The van der Waals surface area contributed by atoms with Gasteiger partial charge in [-0.15, -0.1) is 0 Å². The highest BCUT2D eigenvalue weighted by Crippen LogP contribution is 2.23. The molecule has 0 saturated carbocycles. The normalized spacial score (nSPS) is 16.2. The lowest BCUT2D eigenvalue weighted by Gasteiger charge is -2.19. The Morgan fingerprint density at radius 3 is 2.10 bits per heavy atom. The van der Waals surface area contributed by atoms with Crippen molar-refractivity contribution in [1.82, 2.24) is 4.31 Å². The van der Waals surface area contributed by atoms with Gasteiger partial charge in [-0.05, 0) is 42.2 Å². The molecule has 1 N–H and O–H groups in total. The Labute approximate surface area is 124 Å². The summed E-state index contributed by atoms with van der Waals surface area (Å²) in [6.07, 6.45) is 1.43. The van der Waals surface area contributed by atoms with E-state index in [1.807, 2.05) is 12.1 Å². The second-order valence-corrected chi connectivity index (χ2v) is 7.11. The molecule has 5 heteroatoms. The Bertz CT molecular complexity index is 729. The number of phenolic OH excluding ortho intramolecular Hbond substituents is 1. The van der Waals surface area contributed by atoms with Crippen LogP contribution in [0.25, 0.3) is 0 Å². The lowest BCUT2D eigenvalue weighted by Crippen LogP contribution is -2.33. The lowest BCUT2D eigenvalue weighted by atomic mass is 10.0. The summed E-state index contributed by atoms with van der Waals surface area (Å²) in [6.45, 7) is 0.935. The van der Waals surface area contributed by atoms with Gasteiger partial charge in [-0.1, -0.05) is 30.3 Å². The molecular formula is C16H17NO3S. The number of nitrogens with zero attached hydrogens (tertiary/aromatic N) is 1. The molecule has 21 heavy (non-hydrogen) atoms. The van der Waals surface area contributed by atoms with E-state index >= 15 is 0 Å². The van der Waals surface area contributed by atoms with Crippen LogP contribution in [-0.4, -0.2) is 30.9 Å². The number of hydrogen-bond donors (Lipinski definition) is 1. The van der Waals surface area contributed by atoms with Crippen LogP contribution in [0.4, 0.5) is 0 Å². The molecule has 3 rings (SSSR count). The zero-order valence-corrected chi connectivity index (χ0v) is 12.4. The van der Waals surface area contributed by atoms with Gasteiger partial charge in [0, 0.05) is 13.1 Å². The van der Waals surface area contributed by atoms with Gasteiger partial charge in [0.2, 0.25) is 10.0 Å². The molecule has 0 bridgehead atoms. The summed E-state index contributed by atoms with van der Waals surface area (Å²) >= 11 is 0. The molecule has 0 unspecified atom stereocenters. The van der Waals surface area contributed by atoms with E-state index in [2.05, 4.69) is 12.1 Å². The van der Waals surface area contributed by atoms with E-state index in [1.54, 1.807) is 6.07 Å². The van der Waals surface area contributed by atoms with Crippen LogP contribution < -0.4 is 0 Å². The van der Waals surface area contributed by atoms with Gasteiger partial charge in [0.25, 0.3) is 0 Å². The molecule has 2 aromatic carbocycles. The van der Waals surface area contributed by atoms with Gasteiger partial charge >= 0.3 is 0 Å². The van der Waals surface area contributed by atoms with Crippen LogP contribution in [0.15, 0.2) is 53.4 Å². The molecule has 0 radical (unpaired) electrons. The molecule has 0 fully saturated rings. The highest BCUT2D eigenvalue weighted by atomic mass is 32.2. The first-order valence-corrected chi connectivity index (χ1v) is 8.37. The van der Waals surface area contributed by atoms with E-state index in [0.717, 1.165) is 0 Å². The summed E-state index contributed by atoms with van der Waals surface area (Å²) in [5, 5.41) is 9.49. The van der Waals surface area contributed by atoms with Gasteiger partial charge in [-0.2, -0.15) is 4.31 Å². The van der Waals surface area contributed by atoms with Crippen molar-refractivity contribution >= 4 is 10.0 Å². The molecule has 2 aromatic rings. The van der Waals surface area contributed by atoms with Crippen molar-refractivity contribution in [2.24, 2.45) is 0 Å². The number of fused-ring (bicyclic) bond motifs is 1. The molecule has 110 valence electrons. The maximum atomic E-state index is 12.7. The first-order valence-electron chi connectivity index (χ1n) is 6.93. The van der Waals surface area contributed by atoms with Crippen LogP contribution in [0.3, 0.4) is 0 Å². The second-order valence-electron chi connectivity index (χ2n) is 5.17. The first kappa shape index (κ1) is 14.1. The quantitative estimate of drug-likeness (QED) is 0.925. The van der Waals surface area contributed by atoms with Gasteiger partial charge < -0.3 is 5.11 Å². The Hall–Kier alpha value is -1.85. The molecule has 4 nitrogen and oxygen atoms in total. The highest BCUT2D eigenvalue weighted by Gasteiger charge is 2.26. The van der Waals surface area contributed by atoms with Gasteiger partial charge in [0.05, 0.1) is 4.90 Å². The Balaban J connectivity index is 1.88. The zero-order valence-electron chi connectivity index (χ0n) is 11.6. The zero-order chi connectivity index (χ0) is 14.9. The van der Waals surface area contributed by atoms with Crippen molar-refractivity contribution in [3.63, 3.8) is 0 Å². The summed E-state index contributed by atoms with van der Waals surface area (Å²) in [6, 6.07) is 13.9. The Kier molecular flexibility index (Phi) is 3.69. The third-order valence-corrected chi connectivity index (χ3v) is 5.73. The van der Waals surface area contributed by atoms with Gasteiger partial charge in [-0.3, -0.25) is 0 Å². The topological polar surface area (TPSA) is 57.6 Å². The molecule has 1 aliphatic heterocycles. The van der Waals surface area contributed by atoms with Crippen molar-refractivity contribution in [3.8, 4) is 5.75 Å². The van der Waals surface area contributed by atoms with Crippen molar-refractivity contribution in [2.45, 2.75) is 17.7 Å². The maximum absolute atomic E-state index is 12.7. The predicted molar refractivity (Wildman–Crippen MR) is 80.7 cm³/mol. The van der Waals surface area contributed by atoms with Crippen LogP contribution in [0, 0.1) is 0 Å². The Morgan fingerprint density at radius 2 is 1.52 bits per heavy atom. The molecule has 0 atom stereocenters. The van der Waals surface area contributed by atoms with Crippen molar-refractivity contribution in [3.05, 3.63) is 59.7 Å². The average molecular weight is 303 g/mol. The summed E-state index contributed by atoms with van der Waals surface area (Å²) in [7, 11) is -3.55. The van der Waals surface area contributed by atoms with Crippen molar-refractivity contribution < 1.29 is 13.5 Å². The third-order valence-electron chi connectivity index (χ3n) is 3.83. The number of sulfonamides is 1. The number of benzene rings is 2. The average Bonchev–Trinajstić information content (AvgIpc) is 2.70. The first-order chi connectivity index (χ1) is 10.1. The van der Waals surface area contributed by atoms with Crippen LogP contribution in [0.1, 0.15) is 11.1 Å². The van der Waals surface area contributed by atoms with E-state index in [-0.39, 0.29) is 10.6 Å². The number of aromatic hydroxyl groups is 1. The Morgan fingerprint density at radius 1 is 0.905 bits per heavy atom. The number of hydrogen-bond acceptors (Lipinski definition) is 3. The standard InChI is InChI=1S/C16H17NO3S/c18-15-6-3-7-16(12-15)21(19,20)17-10-8-13-4-1-2-5-14(13)9-11-17/h1-7,12,18H,8-11H2. The second kappa shape index (κ2) is 5.50. The lowest BCUT2D eigenvalue weighted by molar-refractivity contribution is 0.425. The summed E-state index contributed by atoms with van der Waals surface area (Å²) < 4.78 is 26.8. The fourth-order valence-electron chi connectivity index (χ4n) is 2.68. The molecule has 0 amide bonds. The van der Waals surface area contributed by atoms with Crippen molar-refractivity contribution in [2.75, 3.05) is 13.1 Å². The third kappa shape index (κ3) is 2.80. The van der Waals surface area contributed by atoms with E-state index in [0.29, 0.717) is 25.9 Å². The smallest absolute Gasteiger partial charge is 0.243 e. The van der Waals surface area contributed by atoms with E-state index in [4.69, 9.17) is 0 Å². The molecular weight excluding hydrogens is 286 g/mol. The summed E-state index contributed by atoms with van der Waals surface area (Å²) in [5.41, 5.74) is 2.43. The van der Waals surface area contributed by atoms with E-state index in [1.165, 1.54) is 33.6 Å². The molecule has 0 saturated heterocycles. The molecule has 1 aliphatic rings. The van der Waals surface area contributed by atoms with Crippen LogP contribution in [0.2, 0.25) is 0 Å². The molecule has 0 spiro atoms. The van der Waals surface area contributed by atoms with Gasteiger partial charge in [0.1, 0.15) is 5.75 Å². The monoisotopic (exact) mass is 303 g/mol. The van der Waals surface area contributed by atoms with Crippen LogP contribution in [-0.2, 0) is 22.9 Å². The minimum absolute atomic E-state index is 0.0332. The van der Waals surface area contributed by atoms with E-state index < -0.39 is 10.0 Å². The SMILES string of the molecule is O=S(=O)(c1cccc(O)c1)N1CCc2ccccc2CC1. The summed E-state index contributed by atoms with van der Waals surface area (Å²) in [5.74, 6) is -0.0332. The number of rotatable bonds is 2. The molecule has 0 aromatic heterocycles. The largest absolute Gasteiger partial charge is 0.508 e. The fourth-order valence-corrected chi connectivity index (χ4v) is 4.16. The fraction of sp³-hybridized carbons (Fsp3) is 0.250. The van der Waals surface area contributed by atoms with Crippen molar-refractivity contribution in [1.29, 1.82) is 0 Å². The highest BCUT2D eigenvalue weighted by molar-refractivity contribution is 7.89. The molecule has 0 aliphatic carbocycles. The predicted octanol–water partition coefficient (Wildman–Crippen LogP) is 2.18. The molecule has 1 heterocycles. The number of phenols is 1. The van der Waals surface area contributed by atoms with Gasteiger partial charge in [-0.25, -0.2) is 8.42 Å².